The van der Waals surface area contributed by atoms with Gasteiger partial charge in [0.2, 0.25) is 5.95 Å². The van der Waals surface area contributed by atoms with Crippen LogP contribution in [0.25, 0.3) is 11.2 Å². The third-order valence-electron chi connectivity index (χ3n) is 4.24. The van der Waals surface area contributed by atoms with Crippen LogP contribution in [-0.2, 0) is 13.6 Å². The first-order chi connectivity index (χ1) is 13.3. The van der Waals surface area contributed by atoms with Gasteiger partial charge in [-0.25, -0.2) is 10.2 Å². The van der Waals surface area contributed by atoms with Gasteiger partial charge in [0.1, 0.15) is 0 Å². The Morgan fingerprint density at radius 2 is 2.00 bits per heavy atom. The number of aliphatic hydroxyl groups is 1. The van der Waals surface area contributed by atoms with Crippen LogP contribution in [0.15, 0.2) is 39.0 Å². The van der Waals surface area contributed by atoms with Crippen LogP contribution in [0, 0.1) is 0 Å². The van der Waals surface area contributed by atoms with E-state index in [0.29, 0.717) is 0 Å². The quantitative estimate of drug-likeness (QED) is 0.415. The molecule has 0 saturated carbocycles. The molecule has 3 N–H and O–H groups in total. The maximum atomic E-state index is 12.3. The van der Waals surface area contributed by atoms with Gasteiger partial charge in [-0.05, 0) is 24.6 Å². The summed E-state index contributed by atoms with van der Waals surface area (Å²) in [5.41, 5.74) is 4.02. The zero-order chi connectivity index (χ0) is 20.4. The third kappa shape index (κ3) is 3.81. The number of aryl methyl sites for hydroxylation is 1. The van der Waals surface area contributed by atoms with E-state index in [9.17, 15) is 14.7 Å². The van der Waals surface area contributed by atoms with Crippen molar-refractivity contribution >= 4 is 29.0 Å². The first-order valence-electron chi connectivity index (χ1n) is 8.72. The molecule has 2 aromatic heterocycles. The van der Waals surface area contributed by atoms with E-state index in [0.717, 1.165) is 11.3 Å². The lowest BCUT2D eigenvalue weighted by molar-refractivity contribution is 0.175. The lowest BCUT2D eigenvalue weighted by Crippen LogP contribution is -2.29. The van der Waals surface area contributed by atoms with Gasteiger partial charge in [0.05, 0.1) is 18.9 Å². The number of hydrogen-bond donors (Lipinski definition) is 3. The van der Waals surface area contributed by atoms with E-state index in [1.807, 2.05) is 43.3 Å². The van der Waals surface area contributed by atoms with Crippen LogP contribution < -0.4 is 21.6 Å². The lowest BCUT2D eigenvalue weighted by atomic mass is 10.2. The van der Waals surface area contributed by atoms with E-state index in [2.05, 4.69) is 20.5 Å². The summed E-state index contributed by atoms with van der Waals surface area (Å²) in [6.07, 6.45) is 0.895. The molecule has 0 fully saturated rings. The van der Waals surface area contributed by atoms with Crippen LogP contribution in [0.4, 0.5) is 11.6 Å². The minimum Gasteiger partial charge on any atom is -0.392 e. The molecule has 3 rings (SSSR count). The van der Waals surface area contributed by atoms with Crippen molar-refractivity contribution in [3.63, 3.8) is 0 Å². The molecule has 0 bridgehead atoms. The summed E-state index contributed by atoms with van der Waals surface area (Å²) in [6, 6.07) is 7.79. The van der Waals surface area contributed by atoms with Gasteiger partial charge in [0.25, 0.3) is 5.56 Å². The van der Waals surface area contributed by atoms with E-state index in [-0.39, 0.29) is 23.7 Å². The van der Waals surface area contributed by atoms with Crippen LogP contribution in [-0.4, -0.2) is 50.6 Å². The Morgan fingerprint density at radius 1 is 1.32 bits per heavy atom. The van der Waals surface area contributed by atoms with Gasteiger partial charge in [-0.2, -0.15) is 10.1 Å². The highest BCUT2D eigenvalue weighted by Gasteiger charge is 2.18. The minimum atomic E-state index is -0.725. The molecular weight excluding hydrogens is 362 g/mol. The van der Waals surface area contributed by atoms with Gasteiger partial charge >= 0.3 is 5.69 Å². The molecule has 0 amide bonds. The fourth-order valence-electron chi connectivity index (χ4n) is 2.78. The number of aliphatic hydroxyl groups excluding tert-OH is 1. The first kappa shape index (κ1) is 19.4. The van der Waals surface area contributed by atoms with E-state index in [1.54, 1.807) is 13.1 Å². The highest BCUT2D eigenvalue weighted by Crippen LogP contribution is 2.16. The van der Waals surface area contributed by atoms with Gasteiger partial charge < -0.3 is 14.6 Å². The Bertz CT molecular complexity index is 1120. The molecule has 0 unspecified atom stereocenters. The second-order valence-corrected chi connectivity index (χ2v) is 6.74. The highest BCUT2D eigenvalue weighted by atomic mass is 16.3. The monoisotopic (exact) mass is 385 g/mol. The van der Waals surface area contributed by atoms with Crippen molar-refractivity contribution in [3.8, 4) is 0 Å². The number of rotatable bonds is 6. The first-order valence-corrected chi connectivity index (χ1v) is 8.72. The number of hydrogen-bond acceptors (Lipinski definition) is 7. The maximum Gasteiger partial charge on any atom is 0.329 e. The zero-order valence-electron chi connectivity index (χ0n) is 16.2. The number of benzene rings is 1. The molecular formula is C18H23N7O3. The SMILES string of the molecule is C[C@@H](O)Cn1c(N/N=C\c2ccc(N(C)C)cc2)nc2c1c(=O)[nH]c(=O)n2C. The molecule has 2 heterocycles. The minimum absolute atomic E-state index is 0.118. The second-order valence-electron chi connectivity index (χ2n) is 6.74. The molecule has 0 aliphatic rings. The third-order valence-corrected chi connectivity index (χ3v) is 4.24. The summed E-state index contributed by atoms with van der Waals surface area (Å²) in [5.74, 6) is 0.253. The number of aromatic amines is 1. The molecule has 3 aromatic rings. The summed E-state index contributed by atoms with van der Waals surface area (Å²) >= 11 is 0. The summed E-state index contributed by atoms with van der Waals surface area (Å²) in [7, 11) is 5.44. The zero-order valence-corrected chi connectivity index (χ0v) is 16.2. The molecule has 28 heavy (non-hydrogen) atoms. The van der Waals surface area contributed by atoms with Crippen LogP contribution in [0.5, 0.6) is 0 Å². The largest absolute Gasteiger partial charge is 0.392 e. The van der Waals surface area contributed by atoms with Crippen molar-refractivity contribution < 1.29 is 5.11 Å². The van der Waals surface area contributed by atoms with Gasteiger partial charge in [0, 0.05) is 26.8 Å². The van der Waals surface area contributed by atoms with Gasteiger partial charge in [-0.3, -0.25) is 14.3 Å². The van der Waals surface area contributed by atoms with Gasteiger partial charge in [0.15, 0.2) is 11.2 Å². The summed E-state index contributed by atoms with van der Waals surface area (Å²) in [5, 5.41) is 14.0. The fraction of sp³-hybridized carbons (Fsp3) is 0.333. The van der Waals surface area contributed by atoms with Gasteiger partial charge in [-0.1, -0.05) is 12.1 Å². The predicted molar refractivity (Wildman–Crippen MR) is 109 cm³/mol. The van der Waals surface area contributed by atoms with Crippen molar-refractivity contribution in [1.29, 1.82) is 0 Å². The number of nitrogens with zero attached hydrogens (tertiary/aromatic N) is 5. The van der Waals surface area contributed by atoms with E-state index in [1.165, 1.54) is 16.2 Å². The standard InChI is InChI=1S/C18H23N7O3/c1-11(26)10-25-14-15(24(4)18(28)21-16(14)27)20-17(25)22-19-9-12-5-7-13(8-6-12)23(2)3/h5-9,11,26H,10H2,1-4H3,(H,20,22)(H,21,27,28)/b19-9-/t11-/m1/s1. The average Bonchev–Trinajstić information content (AvgIpc) is 2.98. The molecule has 0 saturated heterocycles. The molecule has 1 aromatic carbocycles. The van der Waals surface area contributed by atoms with Crippen molar-refractivity contribution in [2.45, 2.75) is 19.6 Å². The molecule has 10 heteroatoms. The fourth-order valence-corrected chi connectivity index (χ4v) is 2.78. The highest BCUT2D eigenvalue weighted by molar-refractivity contribution is 5.81. The number of hydrazone groups is 1. The molecule has 148 valence electrons. The number of imidazole rings is 1. The number of fused-ring (bicyclic) bond motifs is 1. The summed E-state index contributed by atoms with van der Waals surface area (Å²) in [6.45, 7) is 1.72. The Labute approximate surface area is 160 Å². The smallest absolute Gasteiger partial charge is 0.329 e. The number of anilines is 2. The van der Waals surface area contributed by atoms with Crippen LogP contribution in [0.3, 0.4) is 0 Å². The molecule has 0 spiro atoms. The Morgan fingerprint density at radius 3 is 2.61 bits per heavy atom. The Balaban J connectivity index is 1.95. The summed E-state index contributed by atoms with van der Waals surface area (Å²) in [4.78, 5) is 32.7. The average molecular weight is 385 g/mol. The second kappa shape index (κ2) is 7.69. The normalized spacial score (nSPS) is 12.6. The van der Waals surface area contributed by atoms with E-state index >= 15 is 0 Å². The molecule has 10 nitrogen and oxygen atoms in total. The van der Waals surface area contributed by atoms with E-state index in [4.69, 9.17) is 0 Å². The summed E-state index contributed by atoms with van der Waals surface area (Å²) < 4.78 is 2.74. The molecule has 1 atom stereocenters. The predicted octanol–water partition coefficient (Wildman–Crippen LogP) is 0.316. The van der Waals surface area contributed by atoms with Gasteiger partial charge in [-0.15, -0.1) is 0 Å². The van der Waals surface area contributed by atoms with Crippen molar-refractivity contribution in [1.82, 2.24) is 19.1 Å². The number of nitrogens with one attached hydrogen (secondary N) is 2. The molecule has 0 aliphatic heterocycles. The molecule has 0 aliphatic carbocycles. The van der Waals surface area contributed by atoms with Crippen LogP contribution in [0.1, 0.15) is 12.5 Å². The Kier molecular flexibility index (Phi) is 5.32. The number of H-pyrrole nitrogens is 1. The molecule has 0 radical (unpaired) electrons. The van der Waals surface area contributed by atoms with E-state index < -0.39 is 17.4 Å². The van der Waals surface area contributed by atoms with Crippen molar-refractivity contribution in [3.05, 3.63) is 50.7 Å². The number of aromatic nitrogens is 4. The van der Waals surface area contributed by atoms with Crippen LogP contribution >= 0.6 is 0 Å². The topological polar surface area (TPSA) is 121 Å². The van der Waals surface area contributed by atoms with Crippen molar-refractivity contribution in [2.75, 3.05) is 24.4 Å². The maximum absolute atomic E-state index is 12.3. The Hall–Kier alpha value is -3.40. The van der Waals surface area contributed by atoms with Crippen molar-refractivity contribution in [2.24, 2.45) is 12.1 Å². The van der Waals surface area contributed by atoms with Crippen LogP contribution in [0.2, 0.25) is 0 Å². The lowest BCUT2D eigenvalue weighted by Gasteiger charge is -2.11.